The van der Waals surface area contributed by atoms with Crippen LogP contribution in [0.3, 0.4) is 0 Å². The van der Waals surface area contributed by atoms with Crippen molar-refractivity contribution < 1.29 is 36.1 Å². The van der Waals surface area contributed by atoms with Crippen molar-refractivity contribution >= 4 is 0 Å². The van der Waals surface area contributed by atoms with Crippen LogP contribution in [0.2, 0.25) is 0 Å². The number of rotatable bonds is 2. The Morgan fingerprint density at radius 2 is 1.44 bits per heavy atom. The molecule has 2 heteroatoms. The van der Waals surface area contributed by atoms with Gasteiger partial charge in [0.15, 0.2) is 0 Å². The second kappa shape index (κ2) is 5.57. The maximum absolute atomic E-state index is 9.25. The maximum Gasteiger partial charge on any atom is 1.00 e. The summed E-state index contributed by atoms with van der Waals surface area (Å²) in [5.74, 6) is 0.338. The topological polar surface area (TPSA) is 20.2 Å². The van der Waals surface area contributed by atoms with Crippen LogP contribution in [-0.4, -0.2) is 5.11 Å². The van der Waals surface area contributed by atoms with Gasteiger partial charge in [0, 0.05) is 0 Å². The molecule has 0 aliphatic heterocycles. The average Bonchev–Trinajstić information content (AvgIpc) is 2.00. The van der Waals surface area contributed by atoms with E-state index in [2.05, 4.69) is 34.6 Å². The van der Waals surface area contributed by atoms with E-state index in [1.54, 1.807) is 12.1 Å². The predicted molar refractivity (Wildman–Crippen MR) is 66.3 cm³/mol. The summed E-state index contributed by atoms with van der Waals surface area (Å²) in [5.41, 5.74) is 1.77. The van der Waals surface area contributed by atoms with Crippen molar-refractivity contribution in [3.63, 3.8) is 0 Å². The molecule has 0 fully saturated rings. The Bertz CT molecular complexity index is 325. The summed E-state index contributed by atoms with van der Waals surface area (Å²) < 4.78 is 0. The molecule has 1 rings (SSSR count). The molecule has 0 atom stereocenters. The monoisotopic (exact) mass is 230 g/mol. The first-order chi connectivity index (χ1) is 6.71. The van der Waals surface area contributed by atoms with Gasteiger partial charge < -0.3 is 6.53 Å². The van der Waals surface area contributed by atoms with Crippen LogP contribution in [-0.2, 0) is 5.41 Å². The molecule has 0 aliphatic carbocycles. The van der Waals surface area contributed by atoms with Crippen LogP contribution in [0.4, 0.5) is 0 Å². The molecule has 16 heavy (non-hydrogen) atoms. The summed E-state index contributed by atoms with van der Waals surface area (Å²) in [6.07, 6.45) is 1.13. The third-order valence-electron chi connectivity index (χ3n) is 2.62. The minimum absolute atomic E-state index is 0. The fourth-order valence-corrected chi connectivity index (χ4v) is 2.34. The summed E-state index contributed by atoms with van der Waals surface area (Å²) in [6.45, 7) is 11.3. The normalized spacial score (nSPS) is 12.1. The van der Waals surface area contributed by atoms with Crippen LogP contribution in [0.5, 0.6) is 5.75 Å². The molecule has 1 aromatic rings. The third kappa shape index (κ3) is 4.90. The van der Waals surface area contributed by atoms with Gasteiger partial charge >= 0.3 is 29.6 Å². The molecule has 86 valence electrons. The van der Waals surface area contributed by atoms with E-state index < -0.39 is 0 Å². The van der Waals surface area contributed by atoms with E-state index in [9.17, 15) is 5.11 Å². The zero-order valence-corrected chi connectivity index (χ0v) is 13.5. The Morgan fingerprint density at radius 3 is 1.81 bits per heavy atom. The SMILES string of the molecule is CC(C)(C)CC(C)(C)c1ccc(O)cc1.[H-].[Na+]. The molecular formula is C14H23NaO. The summed E-state index contributed by atoms with van der Waals surface area (Å²) in [5, 5.41) is 9.25. The molecule has 0 spiro atoms. The van der Waals surface area contributed by atoms with E-state index in [0.717, 1.165) is 6.42 Å². The third-order valence-corrected chi connectivity index (χ3v) is 2.62. The van der Waals surface area contributed by atoms with E-state index in [1.807, 2.05) is 12.1 Å². The van der Waals surface area contributed by atoms with Crippen molar-refractivity contribution in [3.05, 3.63) is 29.8 Å². The first kappa shape index (κ1) is 16.0. The Labute approximate surface area is 123 Å². The van der Waals surface area contributed by atoms with Crippen LogP contribution < -0.4 is 29.6 Å². The molecule has 0 amide bonds. The Balaban J connectivity index is 0. The zero-order valence-electron chi connectivity index (χ0n) is 12.5. The minimum atomic E-state index is 0. The quantitative estimate of drug-likeness (QED) is 0.758. The number of benzene rings is 1. The van der Waals surface area contributed by atoms with Crippen LogP contribution in [0.15, 0.2) is 24.3 Å². The number of aromatic hydroxyl groups is 1. The van der Waals surface area contributed by atoms with Gasteiger partial charge in [-0.3, -0.25) is 0 Å². The van der Waals surface area contributed by atoms with Gasteiger partial charge in [0.25, 0.3) is 0 Å². The van der Waals surface area contributed by atoms with Gasteiger partial charge in [0.2, 0.25) is 0 Å². The standard InChI is InChI=1S/C14H22O.Na.H/c1-13(2,3)10-14(4,5)11-6-8-12(15)9-7-11;;/h6-9,15H,10H2,1-5H3;;/q;+1;-1. The Hall–Kier alpha value is 0.0200. The molecule has 0 bridgehead atoms. The number of phenolic OH excluding ortho intramolecular Hbond substituents is 1. The Morgan fingerprint density at radius 1 is 1.00 bits per heavy atom. The largest absolute Gasteiger partial charge is 1.00 e. The van der Waals surface area contributed by atoms with Crippen molar-refractivity contribution in [2.45, 2.75) is 46.5 Å². The van der Waals surface area contributed by atoms with Gasteiger partial charge in [-0.25, -0.2) is 0 Å². The molecule has 0 aromatic heterocycles. The second-order valence-corrected chi connectivity index (χ2v) is 6.17. The van der Waals surface area contributed by atoms with Gasteiger partial charge in [-0.15, -0.1) is 0 Å². The van der Waals surface area contributed by atoms with E-state index in [4.69, 9.17) is 0 Å². The number of hydrogen-bond donors (Lipinski definition) is 1. The molecule has 0 saturated heterocycles. The minimum Gasteiger partial charge on any atom is -1.00 e. The molecule has 0 aliphatic rings. The van der Waals surface area contributed by atoms with Gasteiger partial charge in [-0.2, -0.15) is 0 Å². The fraction of sp³-hybridized carbons (Fsp3) is 0.571. The van der Waals surface area contributed by atoms with Gasteiger partial charge in [-0.05, 0) is 34.9 Å². The first-order valence-corrected chi connectivity index (χ1v) is 5.50. The summed E-state index contributed by atoms with van der Waals surface area (Å²) in [4.78, 5) is 0. The average molecular weight is 230 g/mol. The Kier molecular flexibility index (Phi) is 5.58. The molecule has 0 unspecified atom stereocenters. The van der Waals surface area contributed by atoms with Crippen molar-refractivity contribution in [1.29, 1.82) is 0 Å². The van der Waals surface area contributed by atoms with Crippen molar-refractivity contribution in [1.82, 2.24) is 0 Å². The van der Waals surface area contributed by atoms with Crippen molar-refractivity contribution in [3.8, 4) is 5.75 Å². The summed E-state index contributed by atoms with van der Waals surface area (Å²) >= 11 is 0. The van der Waals surface area contributed by atoms with E-state index >= 15 is 0 Å². The molecule has 0 heterocycles. The summed E-state index contributed by atoms with van der Waals surface area (Å²) in [7, 11) is 0. The predicted octanol–water partition coefficient (Wildman–Crippen LogP) is 1.22. The number of hydrogen-bond acceptors (Lipinski definition) is 1. The molecule has 0 radical (unpaired) electrons. The molecule has 1 aromatic carbocycles. The van der Waals surface area contributed by atoms with Crippen LogP contribution in [0.1, 0.15) is 48.0 Å². The maximum atomic E-state index is 9.25. The molecule has 1 nitrogen and oxygen atoms in total. The molecule has 1 N–H and O–H groups in total. The van der Waals surface area contributed by atoms with E-state index in [-0.39, 0.29) is 36.4 Å². The van der Waals surface area contributed by atoms with E-state index in [0.29, 0.717) is 11.2 Å². The van der Waals surface area contributed by atoms with Crippen molar-refractivity contribution in [2.24, 2.45) is 5.41 Å². The van der Waals surface area contributed by atoms with Crippen LogP contribution >= 0.6 is 0 Å². The smallest absolute Gasteiger partial charge is 1.00 e. The molecule has 0 saturated carbocycles. The molecular weight excluding hydrogens is 207 g/mol. The second-order valence-electron chi connectivity index (χ2n) is 6.17. The van der Waals surface area contributed by atoms with E-state index in [1.165, 1.54) is 5.56 Å². The fourth-order valence-electron chi connectivity index (χ4n) is 2.34. The van der Waals surface area contributed by atoms with Crippen molar-refractivity contribution in [2.75, 3.05) is 0 Å². The first-order valence-electron chi connectivity index (χ1n) is 5.50. The van der Waals surface area contributed by atoms with Gasteiger partial charge in [0.1, 0.15) is 5.75 Å². The number of phenols is 1. The zero-order chi connectivity index (χ0) is 11.7. The van der Waals surface area contributed by atoms with Gasteiger partial charge in [0.05, 0.1) is 0 Å². The van der Waals surface area contributed by atoms with Gasteiger partial charge in [-0.1, -0.05) is 46.8 Å². The summed E-state index contributed by atoms with van der Waals surface area (Å²) in [6, 6.07) is 7.56. The van der Waals surface area contributed by atoms with Crippen LogP contribution in [0.25, 0.3) is 0 Å². The van der Waals surface area contributed by atoms with Crippen LogP contribution in [0, 0.1) is 5.41 Å².